The molecule has 0 spiro atoms. The largest absolute Gasteiger partial charge is 0.483 e. The second kappa shape index (κ2) is 8.37. The zero-order valence-corrected chi connectivity index (χ0v) is 16.5. The van der Waals surface area contributed by atoms with Crippen molar-refractivity contribution in [3.63, 3.8) is 0 Å². The molecule has 3 nitrogen and oxygen atoms in total. The first-order valence-electron chi connectivity index (χ1n) is 5.63. The molecule has 0 aliphatic heterocycles. The molecule has 0 fully saturated rings. The van der Waals surface area contributed by atoms with E-state index in [9.17, 15) is 4.79 Å². The van der Waals surface area contributed by atoms with Gasteiger partial charge >= 0.3 is 0 Å². The van der Waals surface area contributed by atoms with E-state index in [0.29, 0.717) is 10.4 Å². The zero-order valence-electron chi connectivity index (χ0n) is 11.2. The second-order valence-electron chi connectivity index (χ2n) is 3.92. The molecule has 0 atom stereocenters. The van der Waals surface area contributed by atoms with Gasteiger partial charge in [0, 0.05) is 39.8 Å². The van der Waals surface area contributed by atoms with E-state index in [1.807, 2.05) is 30.5 Å². The molecule has 2 aromatic rings. The standard InChI is InChI=1S/C14H13BrNO2S.Y/c1-16-13(8-7-12(15)14(16)17)10-3-5-11(6-4-10)18-9-19-2;/h3-7H,9H2,1-2H3;/q-1;. The Morgan fingerprint density at radius 1 is 1.35 bits per heavy atom. The Morgan fingerprint density at radius 3 is 2.60 bits per heavy atom. The van der Waals surface area contributed by atoms with Crippen LogP contribution in [-0.4, -0.2) is 16.8 Å². The first-order valence-corrected chi connectivity index (χ1v) is 7.81. The van der Waals surface area contributed by atoms with Crippen molar-refractivity contribution in [1.82, 2.24) is 4.57 Å². The second-order valence-corrected chi connectivity index (χ2v) is 5.59. The maximum absolute atomic E-state index is 11.8. The smallest absolute Gasteiger partial charge is 0.208 e. The molecule has 6 heteroatoms. The molecule has 0 saturated heterocycles. The summed E-state index contributed by atoms with van der Waals surface area (Å²) in [7, 11) is 1.73. The molecule has 20 heavy (non-hydrogen) atoms. The maximum atomic E-state index is 11.8. The van der Waals surface area contributed by atoms with Crippen molar-refractivity contribution in [2.45, 2.75) is 0 Å². The topological polar surface area (TPSA) is 31.2 Å². The molecule has 0 unspecified atom stereocenters. The molecule has 1 aromatic carbocycles. The molecule has 103 valence electrons. The van der Waals surface area contributed by atoms with Gasteiger partial charge in [0.05, 0.1) is 0 Å². The minimum Gasteiger partial charge on any atom is -0.483 e. The summed E-state index contributed by atoms with van der Waals surface area (Å²) in [5.41, 5.74) is 1.62. The number of hydrogen-bond donors (Lipinski definition) is 0. The van der Waals surface area contributed by atoms with Crippen molar-refractivity contribution in [2.75, 3.05) is 12.2 Å². The van der Waals surface area contributed by atoms with Gasteiger partial charge in [0.25, 0.3) is 0 Å². The van der Waals surface area contributed by atoms with E-state index in [1.165, 1.54) is 0 Å². The Kier molecular flexibility index (Phi) is 7.52. The van der Waals surface area contributed by atoms with E-state index >= 15 is 0 Å². The number of halogens is 1. The summed E-state index contributed by atoms with van der Waals surface area (Å²) < 4.78 is 7.58. The monoisotopic (exact) mass is 427 g/mol. The normalized spacial score (nSPS) is 9.95. The third-order valence-electron chi connectivity index (χ3n) is 2.65. The quantitative estimate of drug-likeness (QED) is 0.554. The molecule has 0 aliphatic rings. The first-order chi connectivity index (χ1) is 9.13. The van der Waals surface area contributed by atoms with Crippen molar-refractivity contribution >= 4 is 27.7 Å². The minimum absolute atomic E-state index is 0. The van der Waals surface area contributed by atoms with E-state index in [2.05, 4.69) is 22.0 Å². The third-order valence-corrected chi connectivity index (χ3v) is 3.57. The molecular formula is C14H13BrNO2SY-. The Balaban J connectivity index is 0.00000200. The number of hydrogen-bond acceptors (Lipinski definition) is 3. The van der Waals surface area contributed by atoms with Gasteiger partial charge < -0.3 is 9.30 Å². The SMILES string of the molecule is CSCOc1ccc(-c2[c-]cc(Br)c(=O)n2C)cc1.[Y]. The van der Waals surface area contributed by atoms with E-state index in [1.54, 1.807) is 29.4 Å². The van der Waals surface area contributed by atoms with Crippen LogP contribution >= 0.6 is 27.7 Å². The summed E-state index contributed by atoms with van der Waals surface area (Å²) in [4.78, 5) is 11.8. The molecule has 1 heterocycles. The average molecular weight is 428 g/mol. The summed E-state index contributed by atoms with van der Waals surface area (Å²) in [5, 5.41) is 0. The molecular weight excluding hydrogens is 415 g/mol. The fourth-order valence-electron chi connectivity index (χ4n) is 1.67. The Morgan fingerprint density at radius 2 is 2.00 bits per heavy atom. The Hall–Kier alpha value is -0.0961. The number of aromatic nitrogens is 1. The fraction of sp³-hybridized carbons (Fsp3) is 0.214. The van der Waals surface area contributed by atoms with E-state index in [-0.39, 0.29) is 38.3 Å². The number of ether oxygens (including phenoxy) is 1. The fourth-order valence-corrected chi connectivity index (χ4v) is 2.30. The molecule has 1 radical (unpaired) electrons. The van der Waals surface area contributed by atoms with Crippen molar-refractivity contribution in [3.05, 3.63) is 51.2 Å². The van der Waals surface area contributed by atoms with Crippen LogP contribution in [0.1, 0.15) is 0 Å². The third kappa shape index (κ3) is 4.20. The molecule has 0 amide bonds. The van der Waals surface area contributed by atoms with Crippen LogP contribution < -0.4 is 10.3 Å². The van der Waals surface area contributed by atoms with Crippen LogP contribution in [0.5, 0.6) is 5.75 Å². The van der Waals surface area contributed by atoms with Gasteiger partial charge in [-0.05, 0) is 22.9 Å². The van der Waals surface area contributed by atoms with Crippen molar-refractivity contribution in [2.24, 2.45) is 7.05 Å². The van der Waals surface area contributed by atoms with Crippen molar-refractivity contribution in [1.29, 1.82) is 0 Å². The number of pyridine rings is 1. The van der Waals surface area contributed by atoms with Gasteiger partial charge in [-0.1, -0.05) is 11.3 Å². The average Bonchev–Trinajstić information content (AvgIpc) is 2.44. The molecule has 0 saturated carbocycles. The predicted octanol–water partition coefficient (Wildman–Crippen LogP) is 3.31. The number of rotatable bonds is 4. The van der Waals surface area contributed by atoms with Gasteiger partial charge in [-0.25, -0.2) is 0 Å². The van der Waals surface area contributed by atoms with E-state index in [4.69, 9.17) is 4.74 Å². The maximum Gasteiger partial charge on any atom is 0.208 e. The summed E-state index contributed by atoms with van der Waals surface area (Å²) in [6.07, 6.45) is 1.99. The summed E-state index contributed by atoms with van der Waals surface area (Å²) >= 11 is 4.83. The first kappa shape index (κ1) is 18.0. The van der Waals surface area contributed by atoms with Gasteiger partial charge in [0.1, 0.15) is 11.7 Å². The number of thioether (sulfide) groups is 1. The van der Waals surface area contributed by atoms with E-state index < -0.39 is 0 Å². The van der Waals surface area contributed by atoms with Crippen LogP contribution in [-0.2, 0) is 39.8 Å². The summed E-state index contributed by atoms with van der Waals surface area (Å²) in [6.45, 7) is 0. The Bertz CT molecular complexity index is 628. The molecule has 1 aromatic heterocycles. The van der Waals surface area contributed by atoms with Crippen molar-refractivity contribution < 1.29 is 37.4 Å². The van der Waals surface area contributed by atoms with Crippen LogP contribution in [0, 0.1) is 6.07 Å². The van der Waals surface area contributed by atoms with Crippen LogP contribution in [0.15, 0.2) is 39.6 Å². The molecule has 2 rings (SSSR count). The number of nitrogens with zero attached hydrogens (tertiary/aromatic N) is 1. The number of benzene rings is 1. The van der Waals surface area contributed by atoms with Gasteiger partial charge in [0.2, 0.25) is 5.56 Å². The molecule has 0 bridgehead atoms. The van der Waals surface area contributed by atoms with Crippen LogP contribution in [0.3, 0.4) is 0 Å². The van der Waals surface area contributed by atoms with Gasteiger partial charge in [-0.2, -0.15) is 12.1 Å². The summed E-state index contributed by atoms with van der Waals surface area (Å²) in [6, 6.07) is 12.4. The molecule has 0 aliphatic carbocycles. The van der Waals surface area contributed by atoms with Crippen LogP contribution in [0.25, 0.3) is 11.3 Å². The zero-order chi connectivity index (χ0) is 13.8. The molecule has 0 N–H and O–H groups in total. The van der Waals surface area contributed by atoms with Crippen LogP contribution in [0.2, 0.25) is 0 Å². The minimum atomic E-state index is -0.0727. The van der Waals surface area contributed by atoms with Gasteiger partial charge in [0.15, 0.2) is 0 Å². The summed E-state index contributed by atoms with van der Waals surface area (Å²) in [5.74, 6) is 1.45. The van der Waals surface area contributed by atoms with Crippen molar-refractivity contribution in [3.8, 4) is 17.0 Å². The van der Waals surface area contributed by atoms with E-state index in [0.717, 1.165) is 17.0 Å². The van der Waals surface area contributed by atoms with Gasteiger partial charge in [-0.15, -0.1) is 39.8 Å². The van der Waals surface area contributed by atoms with Gasteiger partial charge in [-0.3, -0.25) is 4.79 Å². The van der Waals surface area contributed by atoms with Crippen LogP contribution in [0.4, 0.5) is 0 Å². The predicted molar refractivity (Wildman–Crippen MR) is 82.7 cm³/mol. The Labute approximate surface area is 156 Å².